The van der Waals surface area contributed by atoms with Crippen molar-refractivity contribution in [2.45, 2.75) is 26.6 Å². The maximum absolute atomic E-state index is 13.9. The van der Waals surface area contributed by atoms with Crippen molar-refractivity contribution in [2.24, 2.45) is 0 Å². The number of hydrogen-bond acceptors (Lipinski definition) is 4. The number of pyridine rings is 1. The summed E-state index contributed by atoms with van der Waals surface area (Å²) in [5.41, 5.74) is 1.78. The van der Waals surface area contributed by atoms with E-state index in [4.69, 9.17) is 0 Å². The largest absolute Gasteiger partial charge is 0.477 e. The quantitative estimate of drug-likeness (QED) is 0.209. The van der Waals surface area contributed by atoms with Crippen LogP contribution in [0.4, 0.5) is 24.5 Å². The van der Waals surface area contributed by atoms with E-state index in [1.165, 1.54) is 16.7 Å². The first-order valence-electron chi connectivity index (χ1n) is 12.5. The molecular formula is C31H23F3N4O3. The summed E-state index contributed by atoms with van der Waals surface area (Å²) < 4.78 is 42.9. The van der Waals surface area contributed by atoms with E-state index in [-0.39, 0.29) is 17.9 Å². The molecule has 3 aromatic carbocycles. The zero-order valence-corrected chi connectivity index (χ0v) is 21.9. The number of hydrogen-bond donors (Lipinski definition) is 3. The van der Waals surface area contributed by atoms with E-state index in [1.54, 1.807) is 42.5 Å². The van der Waals surface area contributed by atoms with Crippen LogP contribution < -0.4 is 10.9 Å². The summed E-state index contributed by atoms with van der Waals surface area (Å²) >= 11 is 0. The van der Waals surface area contributed by atoms with Gasteiger partial charge >= 0.3 is 12.1 Å². The van der Waals surface area contributed by atoms with Gasteiger partial charge in [-0.05, 0) is 73.0 Å². The van der Waals surface area contributed by atoms with Crippen LogP contribution in [0.15, 0.2) is 77.6 Å². The normalized spacial score (nSPS) is 11.4. The van der Waals surface area contributed by atoms with Crippen LogP contribution in [-0.4, -0.2) is 20.6 Å². The average molecular weight is 557 g/mol. The van der Waals surface area contributed by atoms with E-state index < -0.39 is 28.8 Å². The topological polar surface area (TPSA) is 111 Å². The van der Waals surface area contributed by atoms with Crippen molar-refractivity contribution in [3.8, 4) is 17.3 Å². The number of nitrogens with one attached hydrogen (secondary N) is 2. The summed E-state index contributed by atoms with van der Waals surface area (Å²) in [6, 6.07) is 21.2. The molecule has 0 aliphatic heterocycles. The number of carboxylic acids is 1. The van der Waals surface area contributed by atoms with Gasteiger partial charge in [-0.1, -0.05) is 35.9 Å². The number of anilines is 2. The highest BCUT2D eigenvalue weighted by Crippen LogP contribution is 2.34. The third kappa shape index (κ3) is 5.43. The average Bonchev–Trinajstić information content (AvgIpc) is 3.35. The van der Waals surface area contributed by atoms with Crippen molar-refractivity contribution in [1.82, 2.24) is 9.55 Å². The molecule has 0 saturated heterocycles. The lowest BCUT2D eigenvalue weighted by molar-refractivity contribution is -0.137. The molecule has 0 aliphatic rings. The standard InChI is InChI=1S/C31H23F3N4O3/c1-17-3-4-20(18(2)11-17)16-38-28(14-25(31(32,33)34)24(15-35)29(38)39)19-5-7-22(8-6-19)36-23-9-10-26-21(12-23)13-27(37-26)30(40)41/h3-14,36-37H,16H2,1-2H3,(H,40,41). The van der Waals surface area contributed by atoms with Gasteiger partial charge in [0, 0.05) is 22.3 Å². The highest BCUT2D eigenvalue weighted by molar-refractivity contribution is 5.95. The van der Waals surface area contributed by atoms with Gasteiger partial charge in [0.1, 0.15) is 17.3 Å². The fourth-order valence-electron chi connectivity index (χ4n) is 4.78. The maximum Gasteiger partial charge on any atom is 0.417 e. The van der Waals surface area contributed by atoms with E-state index in [0.29, 0.717) is 27.8 Å². The summed E-state index contributed by atoms with van der Waals surface area (Å²) in [6.07, 6.45) is -4.89. The van der Waals surface area contributed by atoms with Crippen molar-refractivity contribution >= 4 is 28.2 Å². The number of aromatic amines is 1. The number of aromatic nitrogens is 2. The second-order valence-corrected chi connectivity index (χ2v) is 9.74. The molecule has 5 aromatic rings. The van der Waals surface area contributed by atoms with Gasteiger partial charge < -0.3 is 20.0 Å². The molecule has 0 aliphatic carbocycles. The number of rotatable bonds is 6. The smallest absolute Gasteiger partial charge is 0.417 e. The van der Waals surface area contributed by atoms with Crippen LogP contribution >= 0.6 is 0 Å². The minimum atomic E-state index is -4.89. The van der Waals surface area contributed by atoms with Crippen molar-refractivity contribution < 1.29 is 23.1 Å². The van der Waals surface area contributed by atoms with Gasteiger partial charge in [0.2, 0.25) is 0 Å². The van der Waals surface area contributed by atoms with Crippen LogP contribution in [0, 0.1) is 25.2 Å². The Hall–Kier alpha value is -5.30. The van der Waals surface area contributed by atoms with E-state index in [9.17, 15) is 33.1 Å². The van der Waals surface area contributed by atoms with Gasteiger partial charge in [0.25, 0.3) is 5.56 Å². The number of fused-ring (bicyclic) bond motifs is 1. The molecule has 0 saturated carbocycles. The summed E-state index contributed by atoms with van der Waals surface area (Å²) in [7, 11) is 0. The molecule has 0 spiro atoms. The second-order valence-electron chi connectivity index (χ2n) is 9.74. The SMILES string of the molecule is Cc1ccc(Cn2c(-c3ccc(Nc4ccc5[nH]c(C(=O)O)cc5c4)cc3)cc(C(F)(F)F)c(C#N)c2=O)c(C)c1. The molecule has 206 valence electrons. The Kier molecular flexibility index (Phi) is 6.89. The van der Waals surface area contributed by atoms with Crippen LogP contribution in [0.2, 0.25) is 0 Å². The number of benzene rings is 3. The van der Waals surface area contributed by atoms with Crippen LogP contribution in [0.3, 0.4) is 0 Å². The fraction of sp³-hybridized carbons (Fsp3) is 0.129. The van der Waals surface area contributed by atoms with Crippen LogP contribution in [0.1, 0.15) is 38.3 Å². The van der Waals surface area contributed by atoms with Crippen molar-refractivity contribution in [2.75, 3.05) is 5.32 Å². The molecule has 2 aromatic heterocycles. The maximum atomic E-state index is 13.9. The van der Waals surface area contributed by atoms with Crippen LogP contribution in [-0.2, 0) is 12.7 Å². The minimum absolute atomic E-state index is 0.0118. The molecule has 0 fully saturated rings. The number of halogens is 3. The van der Waals surface area contributed by atoms with Gasteiger partial charge in [-0.25, -0.2) is 4.79 Å². The fourth-order valence-corrected chi connectivity index (χ4v) is 4.78. The van der Waals surface area contributed by atoms with Crippen LogP contribution in [0.25, 0.3) is 22.2 Å². The third-order valence-corrected chi connectivity index (χ3v) is 6.86. The Labute approximate surface area is 232 Å². The minimum Gasteiger partial charge on any atom is -0.477 e. The highest BCUT2D eigenvalue weighted by atomic mass is 19.4. The van der Waals surface area contributed by atoms with Crippen molar-refractivity contribution in [3.63, 3.8) is 0 Å². The lowest BCUT2D eigenvalue weighted by atomic mass is 10.0. The first kappa shape index (κ1) is 27.3. The molecular weight excluding hydrogens is 533 g/mol. The molecule has 7 nitrogen and oxygen atoms in total. The third-order valence-electron chi connectivity index (χ3n) is 6.86. The molecule has 0 amide bonds. The van der Waals surface area contributed by atoms with Crippen LogP contribution in [0.5, 0.6) is 0 Å². The van der Waals surface area contributed by atoms with Crippen molar-refractivity contribution in [3.05, 3.63) is 117 Å². The Morgan fingerprint density at radius 2 is 1.71 bits per heavy atom. The molecule has 41 heavy (non-hydrogen) atoms. The predicted octanol–water partition coefficient (Wildman–Crippen LogP) is 6.99. The molecule has 10 heteroatoms. The van der Waals surface area contributed by atoms with E-state index in [1.807, 2.05) is 32.0 Å². The Balaban J connectivity index is 1.55. The lowest BCUT2D eigenvalue weighted by Crippen LogP contribution is -2.29. The number of aromatic carboxylic acids is 1. The lowest BCUT2D eigenvalue weighted by Gasteiger charge is -2.19. The monoisotopic (exact) mass is 556 g/mol. The second kappa shape index (κ2) is 10.4. The van der Waals surface area contributed by atoms with Gasteiger partial charge in [0.05, 0.1) is 17.8 Å². The molecule has 0 radical (unpaired) electrons. The number of nitrogens with zero attached hydrogens (tertiary/aromatic N) is 2. The summed E-state index contributed by atoms with van der Waals surface area (Å²) in [5.74, 6) is -1.07. The number of aryl methyl sites for hydroxylation is 2. The van der Waals surface area contributed by atoms with E-state index >= 15 is 0 Å². The molecule has 5 rings (SSSR count). The summed E-state index contributed by atoms with van der Waals surface area (Å²) in [5, 5.41) is 22.6. The van der Waals surface area contributed by atoms with Gasteiger partial charge in [-0.15, -0.1) is 0 Å². The van der Waals surface area contributed by atoms with E-state index in [0.717, 1.165) is 22.8 Å². The Bertz CT molecular complexity index is 1910. The van der Waals surface area contributed by atoms with Gasteiger partial charge in [-0.2, -0.15) is 18.4 Å². The number of carbonyl (C=O) groups is 1. The van der Waals surface area contributed by atoms with Gasteiger partial charge in [0.15, 0.2) is 0 Å². The molecule has 2 heterocycles. The number of nitriles is 1. The summed E-state index contributed by atoms with van der Waals surface area (Å²) in [4.78, 5) is 27.3. The number of carboxylic acid groups (broad SMARTS) is 1. The van der Waals surface area contributed by atoms with Gasteiger partial charge in [-0.3, -0.25) is 4.79 Å². The zero-order chi connectivity index (χ0) is 29.5. The molecule has 0 bridgehead atoms. The zero-order valence-electron chi connectivity index (χ0n) is 21.9. The van der Waals surface area contributed by atoms with Crippen molar-refractivity contribution in [1.29, 1.82) is 5.26 Å². The first-order chi connectivity index (χ1) is 19.4. The van der Waals surface area contributed by atoms with E-state index in [2.05, 4.69) is 10.3 Å². The Morgan fingerprint density at radius 3 is 2.34 bits per heavy atom. The Morgan fingerprint density at radius 1 is 1.00 bits per heavy atom. The summed E-state index contributed by atoms with van der Waals surface area (Å²) in [6.45, 7) is 3.76. The number of H-pyrrole nitrogens is 1. The first-order valence-corrected chi connectivity index (χ1v) is 12.5. The number of alkyl halides is 3. The molecule has 0 atom stereocenters. The highest BCUT2D eigenvalue weighted by Gasteiger charge is 2.36. The molecule has 3 N–H and O–H groups in total. The predicted molar refractivity (Wildman–Crippen MR) is 149 cm³/mol. The molecule has 0 unspecified atom stereocenters.